The monoisotopic (exact) mass is 246 g/mol. The lowest BCUT2D eigenvalue weighted by Crippen LogP contribution is -2.10. The zero-order valence-corrected chi connectivity index (χ0v) is 10.0. The first-order chi connectivity index (χ1) is 8.65. The summed E-state index contributed by atoms with van der Waals surface area (Å²) in [4.78, 5) is 17.7. The molecule has 0 bridgehead atoms. The van der Waals surface area contributed by atoms with Crippen LogP contribution in [-0.2, 0) is 11.2 Å². The van der Waals surface area contributed by atoms with Gasteiger partial charge in [-0.05, 0) is 13.0 Å². The number of carboxylic acid groups (broad SMARTS) is 1. The molecule has 0 aliphatic carbocycles. The van der Waals surface area contributed by atoms with Crippen LogP contribution in [0.2, 0.25) is 0 Å². The molecule has 0 spiro atoms. The Morgan fingerprint density at radius 3 is 3.00 bits per heavy atom. The van der Waals surface area contributed by atoms with Crippen LogP contribution < -0.4 is 4.74 Å². The van der Waals surface area contributed by atoms with Crippen LogP contribution >= 0.6 is 0 Å². The van der Waals surface area contributed by atoms with Gasteiger partial charge in [0.2, 0.25) is 0 Å². The summed E-state index contributed by atoms with van der Waals surface area (Å²) in [5, 5.41) is 8.63. The Hall–Kier alpha value is -2.30. The van der Waals surface area contributed by atoms with Crippen molar-refractivity contribution in [2.24, 2.45) is 0 Å². The summed E-state index contributed by atoms with van der Waals surface area (Å²) in [5.74, 6) is 0.416. The van der Waals surface area contributed by atoms with E-state index in [1.807, 2.05) is 19.1 Å². The van der Waals surface area contributed by atoms with Crippen LogP contribution in [0.5, 0.6) is 5.75 Å². The van der Waals surface area contributed by atoms with Crippen LogP contribution in [0.3, 0.4) is 0 Å². The van der Waals surface area contributed by atoms with E-state index in [2.05, 4.69) is 9.97 Å². The van der Waals surface area contributed by atoms with Crippen LogP contribution in [0.4, 0.5) is 0 Å². The van der Waals surface area contributed by atoms with Crippen LogP contribution in [0.1, 0.15) is 17.0 Å². The number of carbonyl (C=O) groups is 1. The quantitative estimate of drug-likeness (QED) is 0.843. The molecule has 0 amide bonds. The van der Waals surface area contributed by atoms with E-state index in [0.717, 1.165) is 17.0 Å². The molecule has 0 aliphatic rings. The van der Waals surface area contributed by atoms with Crippen LogP contribution in [0, 0.1) is 6.92 Å². The topological polar surface area (TPSA) is 75.2 Å². The molecule has 1 aromatic carbocycles. The summed E-state index contributed by atoms with van der Waals surface area (Å²) >= 11 is 0. The molecular formula is C13H14N2O3. The average molecular weight is 246 g/mol. The Morgan fingerprint density at radius 1 is 1.50 bits per heavy atom. The first kappa shape index (κ1) is 12.2. The minimum Gasteiger partial charge on any atom is -0.482 e. The van der Waals surface area contributed by atoms with Gasteiger partial charge in [-0.2, -0.15) is 0 Å². The average Bonchev–Trinajstić information content (AvgIpc) is 2.80. The fourth-order valence-electron chi connectivity index (χ4n) is 1.70. The third-order valence-electron chi connectivity index (χ3n) is 2.48. The molecule has 94 valence electrons. The number of rotatable bonds is 5. The third kappa shape index (κ3) is 3.10. The van der Waals surface area contributed by atoms with Crippen LogP contribution in [-0.4, -0.2) is 27.7 Å². The number of benzene rings is 1. The molecule has 1 aromatic heterocycles. The molecule has 0 saturated heterocycles. The summed E-state index contributed by atoms with van der Waals surface area (Å²) in [7, 11) is 0. The first-order valence-electron chi connectivity index (χ1n) is 5.57. The van der Waals surface area contributed by atoms with Gasteiger partial charge in [0.25, 0.3) is 0 Å². The fraction of sp³-hybridized carbons (Fsp3) is 0.231. The number of nitrogens with zero attached hydrogens (tertiary/aromatic N) is 1. The molecule has 0 unspecified atom stereocenters. The van der Waals surface area contributed by atoms with E-state index in [1.165, 1.54) is 0 Å². The van der Waals surface area contributed by atoms with E-state index in [0.29, 0.717) is 12.2 Å². The molecule has 18 heavy (non-hydrogen) atoms. The van der Waals surface area contributed by atoms with Crippen molar-refractivity contribution in [3.63, 3.8) is 0 Å². The number of ether oxygens (including phenoxy) is 1. The minimum atomic E-state index is -0.987. The van der Waals surface area contributed by atoms with Crippen molar-refractivity contribution in [1.29, 1.82) is 0 Å². The molecule has 0 aliphatic heterocycles. The van der Waals surface area contributed by atoms with Gasteiger partial charge >= 0.3 is 5.97 Å². The second-order valence-corrected chi connectivity index (χ2v) is 4.01. The molecule has 0 radical (unpaired) electrons. The number of aromatic nitrogens is 2. The van der Waals surface area contributed by atoms with Gasteiger partial charge in [-0.1, -0.05) is 17.7 Å². The van der Waals surface area contributed by atoms with E-state index >= 15 is 0 Å². The maximum atomic E-state index is 10.5. The summed E-state index contributed by atoms with van der Waals surface area (Å²) in [5.41, 5.74) is 2.02. The summed E-state index contributed by atoms with van der Waals surface area (Å²) < 4.78 is 5.26. The molecule has 2 rings (SSSR count). The molecule has 5 heteroatoms. The number of carboxylic acids is 1. The number of H-pyrrole nitrogens is 1. The Labute approximate surface area is 104 Å². The van der Waals surface area contributed by atoms with E-state index in [-0.39, 0.29) is 6.61 Å². The van der Waals surface area contributed by atoms with Crippen molar-refractivity contribution in [2.75, 3.05) is 6.61 Å². The van der Waals surface area contributed by atoms with E-state index in [4.69, 9.17) is 9.84 Å². The summed E-state index contributed by atoms with van der Waals surface area (Å²) in [6.07, 6.45) is 4.02. The molecule has 0 atom stereocenters. The fourth-order valence-corrected chi connectivity index (χ4v) is 1.70. The van der Waals surface area contributed by atoms with E-state index < -0.39 is 5.97 Å². The Morgan fingerprint density at radius 2 is 2.33 bits per heavy atom. The van der Waals surface area contributed by atoms with Gasteiger partial charge in [-0.25, -0.2) is 9.78 Å². The zero-order valence-electron chi connectivity index (χ0n) is 10.0. The Balaban J connectivity index is 2.20. The lowest BCUT2D eigenvalue weighted by Gasteiger charge is -2.10. The number of hydrogen-bond donors (Lipinski definition) is 2. The number of hydrogen-bond acceptors (Lipinski definition) is 3. The van der Waals surface area contributed by atoms with Crippen molar-refractivity contribution < 1.29 is 14.6 Å². The number of aryl methyl sites for hydroxylation is 1. The highest BCUT2D eigenvalue weighted by Crippen LogP contribution is 2.22. The van der Waals surface area contributed by atoms with E-state index in [1.54, 1.807) is 18.5 Å². The largest absolute Gasteiger partial charge is 0.482 e. The van der Waals surface area contributed by atoms with Crippen molar-refractivity contribution in [3.05, 3.63) is 47.5 Å². The van der Waals surface area contributed by atoms with Gasteiger partial charge < -0.3 is 14.8 Å². The lowest BCUT2D eigenvalue weighted by atomic mass is 10.1. The SMILES string of the molecule is Cc1ccc(OCC(=O)O)c(Cc2ncc[nH]2)c1. The van der Waals surface area contributed by atoms with Crippen molar-refractivity contribution >= 4 is 5.97 Å². The highest BCUT2D eigenvalue weighted by atomic mass is 16.5. The number of aliphatic carboxylic acids is 1. The van der Waals surface area contributed by atoms with Gasteiger partial charge in [-0.3, -0.25) is 0 Å². The number of imidazole rings is 1. The molecule has 0 fully saturated rings. The summed E-state index contributed by atoms with van der Waals surface area (Å²) in [6.45, 7) is 1.64. The molecular weight excluding hydrogens is 232 g/mol. The number of aromatic amines is 1. The van der Waals surface area contributed by atoms with Gasteiger partial charge in [0, 0.05) is 24.4 Å². The highest BCUT2D eigenvalue weighted by molar-refractivity contribution is 5.68. The van der Waals surface area contributed by atoms with Crippen molar-refractivity contribution in [2.45, 2.75) is 13.3 Å². The minimum absolute atomic E-state index is 0.339. The smallest absolute Gasteiger partial charge is 0.341 e. The normalized spacial score (nSPS) is 10.3. The summed E-state index contributed by atoms with van der Waals surface area (Å²) in [6, 6.07) is 5.65. The zero-order chi connectivity index (χ0) is 13.0. The maximum Gasteiger partial charge on any atom is 0.341 e. The third-order valence-corrected chi connectivity index (χ3v) is 2.48. The highest BCUT2D eigenvalue weighted by Gasteiger charge is 2.08. The van der Waals surface area contributed by atoms with E-state index in [9.17, 15) is 4.79 Å². The van der Waals surface area contributed by atoms with Crippen molar-refractivity contribution in [1.82, 2.24) is 9.97 Å². The molecule has 2 N–H and O–H groups in total. The lowest BCUT2D eigenvalue weighted by molar-refractivity contribution is -0.139. The van der Waals surface area contributed by atoms with Crippen molar-refractivity contribution in [3.8, 4) is 5.75 Å². The van der Waals surface area contributed by atoms with Gasteiger partial charge in [0.15, 0.2) is 6.61 Å². The van der Waals surface area contributed by atoms with Gasteiger partial charge in [0.1, 0.15) is 11.6 Å². The predicted octanol–water partition coefficient (Wildman–Crippen LogP) is 1.77. The van der Waals surface area contributed by atoms with Crippen LogP contribution in [0.25, 0.3) is 0 Å². The number of nitrogens with one attached hydrogen (secondary N) is 1. The molecule has 5 nitrogen and oxygen atoms in total. The van der Waals surface area contributed by atoms with Gasteiger partial charge in [-0.15, -0.1) is 0 Å². The van der Waals surface area contributed by atoms with Crippen LogP contribution in [0.15, 0.2) is 30.6 Å². The molecule has 2 aromatic rings. The molecule has 1 heterocycles. The maximum absolute atomic E-state index is 10.5. The first-order valence-corrected chi connectivity index (χ1v) is 5.57. The predicted molar refractivity (Wildman–Crippen MR) is 65.7 cm³/mol. The standard InChI is InChI=1S/C13H14N2O3/c1-9-2-3-11(18-8-13(16)17)10(6-9)7-12-14-4-5-15-12/h2-6H,7-8H2,1H3,(H,14,15)(H,16,17). The second-order valence-electron chi connectivity index (χ2n) is 4.01. The van der Waals surface area contributed by atoms with Gasteiger partial charge in [0.05, 0.1) is 0 Å². The Bertz CT molecular complexity index is 535. The Kier molecular flexibility index (Phi) is 3.62. The molecule has 0 saturated carbocycles. The second kappa shape index (κ2) is 5.35.